The molecule has 2 rings (SSSR count). The summed E-state index contributed by atoms with van der Waals surface area (Å²) >= 11 is 0. The van der Waals surface area contributed by atoms with Crippen molar-refractivity contribution >= 4 is 5.96 Å². The van der Waals surface area contributed by atoms with Crippen LogP contribution in [0, 0.1) is 0 Å². The van der Waals surface area contributed by atoms with E-state index in [-0.39, 0.29) is 0 Å². The van der Waals surface area contributed by atoms with Gasteiger partial charge in [-0.3, -0.25) is 4.98 Å². The third-order valence-corrected chi connectivity index (χ3v) is 3.01. The molecule has 1 heterocycles. The van der Waals surface area contributed by atoms with Gasteiger partial charge in [0, 0.05) is 31.4 Å². The van der Waals surface area contributed by atoms with Gasteiger partial charge in [0.05, 0.1) is 6.54 Å². The van der Waals surface area contributed by atoms with Crippen LogP contribution in [0.3, 0.4) is 0 Å². The minimum atomic E-state index is 0.680. The highest BCUT2D eigenvalue weighted by molar-refractivity contribution is 5.79. The molecule has 2 N–H and O–H groups in total. The van der Waals surface area contributed by atoms with Crippen LogP contribution in [0.1, 0.15) is 18.2 Å². The van der Waals surface area contributed by atoms with Crippen molar-refractivity contribution in [1.29, 1.82) is 0 Å². The van der Waals surface area contributed by atoms with Gasteiger partial charge in [-0.05, 0) is 24.6 Å². The molecule has 0 atom stereocenters. The Morgan fingerprint density at radius 1 is 1.05 bits per heavy atom. The number of pyridine rings is 1. The van der Waals surface area contributed by atoms with Gasteiger partial charge in [0.25, 0.3) is 0 Å². The molecule has 0 radical (unpaired) electrons. The zero-order valence-electron chi connectivity index (χ0n) is 12.4. The molecular weight excluding hydrogens is 260 g/mol. The fraction of sp³-hybridized carbons (Fsp3) is 0.294. The Bertz CT molecular complexity index is 537. The summed E-state index contributed by atoms with van der Waals surface area (Å²) in [5.74, 6) is 0.845. The Kier molecular flexibility index (Phi) is 6.26. The number of nitrogens with zero attached hydrogens (tertiary/aromatic N) is 2. The van der Waals surface area contributed by atoms with E-state index in [0.717, 1.165) is 31.2 Å². The summed E-state index contributed by atoms with van der Waals surface area (Å²) in [6.07, 6.45) is 2.71. The number of hydrogen-bond donors (Lipinski definition) is 2. The molecule has 110 valence electrons. The van der Waals surface area contributed by atoms with Gasteiger partial charge in [-0.25, -0.2) is 4.99 Å². The predicted molar refractivity (Wildman–Crippen MR) is 87.2 cm³/mol. The number of benzene rings is 1. The molecule has 0 aliphatic carbocycles. The quantitative estimate of drug-likeness (QED) is 0.632. The summed E-state index contributed by atoms with van der Waals surface area (Å²) in [5.41, 5.74) is 2.29. The molecule has 0 spiro atoms. The van der Waals surface area contributed by atoms with E-state index in [9.17, 15) is 0 Å². The molecular formula is C17H22N4. The summed E-state index contributed by atoms with van der Waals surface area (Å²) in [4.78, 5) is 8.90. The lowest BCUT2D eigenvalue weighted by molar-refractivity contribution is 0.788. The molecule has 4 nitrogen and oxygen atoms in total. The largest absolute Gasteiger partial charge is 0.357 e. The van der Waals surface area contributed by atoms with Crippen molar-refractivity contribution < 1.29 is 0 Å². The zero-order chi connectivity index (χ0) is 14.8. The average Bonchev–Trinajstić information content (AvgIpc) is 2.54. The van der Waals surface area contributed by atoms with E-state index in [1.165, 1.54) is 5.56 Å². The summed E-state index contributed by atoms with van der Waals surface area (Å²) in [6.45, 7) is 4.42. The van der Waals surface area contributed by atoms with Crippen molar-refractivity contribution in [1.82, 2.24) is 15.6 Å². The van der Waals surface area contributed by atoms with Crippen molar-refractivity contribution in [2.45, 2.75) is 19.9 Å². The SMILES string of the molecule is CCNC(=NCc1ccccc1)NCCc1ccccn1. The Labute approximate surface area is 126 Å². The number of guanidine groups is 1. The van der Waals surface area contributed by atoms with Gasteiger partial charge in [0.15, 0.2) is 5.96 Å². The maximum absolute atomic E-state index is 4.59. The Hall–Kier alpha value is -2.36. The lowest BCUT2D eigenvalue weighted by Gasteiger charge is -2.11. The van der Waals surface area contributed by atoms with Crippen molar-refractivity contribution in [3.05, 3.63) is 66.0 Å². The summed E-state index contributed by atoms with van der Waals surface area (Å²) in [6, 6.07) is 16.2. The Morgan fingerprint density at radius 3 is 2.57 bits per heavy atom. The first-order chi connectivity index (χ1) is 10.4. The molecule has 0 saturated carbocycles. The fourth-order valence-electron chi connectivity index (χ4n) is 1.95. The van der Waals surface area contributed by atoms with Crippen LogP contribution in [0.4, 0.5) is 0 Å². The van der Waals surface area contributed by atoms with Crippen LogP contribution in [0.2, 0.25) is 0 Å². The number of nitrogens with one attached hydrogen (secondary N) is 2. The van der Waals surface area contributed by atoms with Gasteiger partial charge in [0.1, 0.15) is 0 Å². The van der Waals surface area contributed by atoms with Gasteiger partial charge in [0.2, 0.25) is 0 Å². The van der Waals surface area contributed by atoms with E-state index in [0.29, 0.717) is 6.54 Å². The number of aliphatic imine (C=N–C) groups is 1. The van der Waals surface area contributed by atoms with Crippen LogP contribution >= 0.6 is 0 Å². The van der Waals surface area contributed by atoms with Crippen LogP contribution in [-0.4, -0.2) is 24.0 Å². The van der Waals surface area contributed by atoms with Crippen molar-refractivity contribution in [3.8, 4) is 0 Å². The van der Waals surface area contributed by atoms with E-state index in [1.54, 1.807) is 0 Å². The standard InChI is InChI=1S/C17H22N4/c1-2-18-17(21-14-15-8-4-3-5-9-15)20-13-11-16-10-6-7-12-19-16/h3-10,12H,2,11,13-14H2,1H3,(H2,18,20,21). The number of hydrogen-bond acceptors (Lipinski definition) is 2. The molecule has 1 aromatic heterocycles. The normalized spacial score (nSPS) is 11.2. The molecule has 2 aromatic rings. The molecule has 21 heavy (non-hydrogen) atoms. The van der Waals surface area contributed by atoms with Crippen LogP contribution in [0.15, 0.2) is 59.7 Å². The lowest BCUT2D eigenvalue weighted by Crippen LogP contribution is -2.38. The average molecular weight is 282 g/mol. The molecule has 0 aliphatic rings. The van der Waals surface area contributed by atoms with Gasteiger partial charge >= 0.3 is 0 Å². The van der Waals surface area contributed by atoms with Crippen LogP contribution in [0.5, 0.6) is 0 Å². The monoisotopic (exact) mass is 282 g/mol. The van der Waals surface area contributed by atoms with E-state index < -0.39 is 0 Å². The first-order valence-electron chi connectivity index (χ1n) is 7.34. The molecule has 0 saturated heterocycles. The third-order valence-electron chi connectivity index (χ3n) is 3.01. The zero-order valence-corrected chi connectivity index (χ0v) is 12.4. The van der Waals surface area contributed by atoms with E-state index in [4.69, 9.17) is 0 Å². The highest BCUT2D eigenvalue weighted by Crippen LogP contribution is 2.00. The topological polar surface area (TPSA) is 49.3 Å². The number of aromatic nitrogens is 1. The second-order valence-electron chi connectivity index (χ2n) is 4.68. The summed E-state index contributed by atoms with van der Waals surface area (Å²) in [5, 5.41) is 6.60. The predicted octanol–water partition coefficient (Wildman–Crippen LogP) is 2.38. The van der Waals surface area contributed by atoms with Crippen LogP contribution in [-0.2, 0) is 13.0 Å². The maximum atomic E-state index is 4.59. The molecule has 0 unspecified atom stereocenters. The minimum Gasteiger partial charge on any atom is -0.357 e. The first-order valence-corrected chi connectivity index (χ1v) is 7.34. The van der Waals surface area contributed by atoms with Crippen molar-refractivity contribution in [3.63, 3.8) is 0 Å². The second kappa shape index (κ2) is 8.74. The smallest absolute Gasteiger partial charge is 0.191 e. The first kappa shape index (κ1) is 15.0. The van der Waals surface area contributed by atoms with Gasteiger partial charge in [-0.2, -0.15) is 0 Å². The summed E-state index contributed by atoms with van der Waals surface area (Å²) < 4.78 is 0. The molecule has 4 heteroatoms. The molecule has 0 bridgehead atoms. The van der Waals surface area contributed by atoms with Gasteiger partial charge < -0.3 is 10.6 Å². The lowest BCUT2D eigenvalue weighted by atomic mass is 10.2. The van der Waals surface area contributed by atoms with E-state index in [2.05, 4.69) is 39.7 Å². The number of rotatable bonds is 6. The molecule has 1 aromatic carbocycles. The minimum absolute atomic E-state index is 0.680. The molecule has 0 fully saturated rings. The van der Waals surface area contributed by atoms with Gasteiger partial charge in [-0.15, -0.1) is 0 Å². The third kappa shape index (κ3) is 5.65. The highest BCUT2D eigenvalue weighted by atomic mass is 15.2. The molecule has 0 aliphatic heterocycles. The van der Waals surface area contributed by atoms with E-state index in [1.807, 2.05) is 42.6 Å². The Balaban J connectivity index is 1.84. The highest BCUT2D eigenvalue weighted by Gasteiger charge is 1.98. The second-order valence-corrected chi connectivity index (χ2v) is 4.68. The van der Waals surface area contributed by atoms with E-state index >= 15 is 0 Å². The van der Waals surface area contributed by atoms with Crippen molar-refractivity contribution in [2.24, 2.45) is 4.99 Å². The summed E-state index contributed by atoms with van der Waals surface area (Å²) in [7, 11) is 0. The fourth-order valence-corrected chi connectivity index (χ4v) is 1.95. The van der Waals surface area contributed by atoms with Crippen LogP contribution < -0.4 is 10.6 Å². The maximum Gasteiger partial charge on any atom is 0.191 e. The van der Waals surface area contributed by atoms with Crippen LogP contribution in [0.25, 0.3) is 0 Å². The van der Waals surface area contributed by atoms with Gasteiger partial charge in [-0.1, -0.05) is 36.4 Å². The molecule has 0 amide bonds. The Morgan fingerprint density at radius 2 is 1.86 bits per heavy atom. The van der Waals surface area contributed by atoms with Crippen molar-refractivity contribution in [2.75, 3.05) is 13.1 Å².